The number of aromatic nitrogens is 2. The predicted octanol–water partition coefficient (Wildman–Crippen LogP) is 1.78. The SMILES string of the molecule is Cc1ccccc1CC(NN)c1cn(C)nc1C. The Hall–Kier alpha value is -1.65. The number of hydrazine groups is 1. The van der Waals surface area contributed by atoms with Crippen LogP contribution in [0.4, 0.5) is 0 Å². The molecule has 18 heavy (non-hydrogen) atoms. The Morgan fingerprint density at radius 3 is 2.61 bits per heavy atom. The van der Waals surface area contributed by atoms with Crippen LogP contribution in [0.15, 0.2) is 30.5 Å². The Morgan fingerprint density at radius 1 is 1.33 bits per heavy atom. The molecule has 4 heteroatoms. The summed E-state index contributed by atoms with van der Waals surface area (Å²) in [6.07, 6.45) is 2.90. The van der Waals surface area contributed by atoms with Gasteiger partial charge in [0.05, 0.1) is 11.7 Å². The number of aryl methyl sites for hydroxylation is 3. The summed E-state index contributed by atoms with van der Waals surface area (Å²) in [6.45, 7) is 4.14. The zero-order chi connectivity index (χ0) is 13.1. The lowest BCUT2D eigenvalue weighted by atomic mass is 9.97. The highest BCUT2D eigenvalue weighted by Gasteiger charge is 2.16. The minimum atomic E-state index is 0.0970. The summed E-state index contributed by atoms with van der Waals surface area (Å²) in [5.74, 6) is 5.69. The van der Waals surface area contributed by atoms with Gasteiger partial charge in [-0.1, -0.05) is 24.3 Å². The van der Waals surface area contributed by atoms with Crippen molar-refractivity contribution in [1.82, 2.24) is 15.2 Å². The van der Waals surface area contributed by atoms with Crippen LogP contribution in [0.5, 0.6) is 0 Å². The third kappa shape index (κ3) is 2.60. The lowest BCUT2D eigenvalue weighted by Crippen LogP contribution is -2.30. The van der Waals surface area contributed by atoms with Crippen molar-refractivity contribution in [3.8, 4) is 0 Å². The maximum absolute atomic E-state index is 5.69. The highest BCUT2D eigenvalue weighted by Crippen LogP contribution is 2.21. The molecule has 0 bridgehead atoms. The fraction of sp³-hybridized carbons (Fsp3) is 0.357. The van der Waals surface area contributed by atoms with Crippen LogP contribution in [0, 0.1) is 13.8 Å². The molecule has 2 aromatic rings. The van der Waals surface area contributed by atoms with E-state index in [1.165, 1.54) is 11.1 Å². The average Bonchev–Trinajstić information content (AvgIpc) is 2.67. The molecular weight excluding hydrogens is 224 g/mol. The third-order valence-corrected chi connectivity index (χ3v) is 3.31. The quantitative estimate of drug-likeness (QED) is 0.637. The van der Waals surface area contributed by atoms with Crippen LogP contribution in [0.3, 0.4) is 0 Å². The molecule has 96 valence electrons. The van der Waals surface area contributed by atoms with Gasteiger partial charge in [-0.15, -0.1) is 0 Å². The highest BCUT2D eigenvalue weighted by molar-refractivity contribution is 5.29. The van der Waals surface area contributed by atoms with Crippen LogP contribution in [-0.4, -0.2) is 9.78 Å². The molecule has 0 aliphatic heterocycles. The van der Waals surface area contributed by atoms with Gasteiger partial charge in [0.25, 0.3) is 0 Å². The largest absolute Gasteiger partial charge is 0.275 e. The maximum Gasteiger partial charge on any atom is 0.0642 e. The smallest absolute Gasteiger partial charge is 0.0642 e. The number of benzene rings is 1. The van der Waals surface area contributed by atoms with Gasteiger partial charge in [-0.2, -0.15) is 5.10 Å². The highest BCUT2D eigenvalue weighted by atomic mass is 15.3. The van der Waals surface area contributed by atoms with Crippen molar-refractivity contribution in [2.24, 2.45) is 12.9 Å². The summed E-state index contributed by atoms with van der Waals surface area (Å²) in [5.41, 5.74) is 7.67. The van der Waals surface area contributed by atoms with Gasteiger partial charge in [0, 0.05) is 18.8 Å². The van der Waals surface area contributed by atoms with E-state index >= 15 is 0 Å². The summed E-state index contributed by atoms with van der Waals surface area (Å²) in [7, 11) is 1.93. The molecule has 1 heterocycles. The van der Waals surface area contributed by atoms with Crippen molar-refractivity contribution in [3.05, 3.63) is 52.8 Å². The minimum absolute atomic E-state index is 0.0970. The van der Waals surface area contributed by atoms with Crippen molar-refractivity contribution in [3.63, 3.8) is 0 Å². The van der Waals surface area contributed by atoms with Crippen LogP contribution in [0.2, 0.25) is 0 Å². The number of nitrogens with one attached hydrogen (secondary N) is 1. The molecule has 3 N–H and O–H groups in total. The summed E-state index contributed by atoms with van der Waals surface area (Å²) in [6, 6.07) is 8.48. The number of hydrogen-bond acceptors (Lipinski definition) is 3. The molecular formula is C14H20N4. The Bertz CT molecular complexity index is 530. The van der Waals surface area contributed by atoms with Crippen molar-refractivity contribution < 1.29 is 0 Å². The van der Waals surface area contributed by atoms with Crippen LogP contribution in [-0.2, 0) is 13.5 Å². The number of nitrogens with zero attached hydrogens (tertiary/aromatic N) is 2. The first-order valence-electron chi connectivity index (χ1n) is 6.12. The first-order valence-corrected chi connectivity index (χ1v) is 6.12. The second-order valence-corrected chi connectivity index (χ2v) is 4.69. The molecule has 0 saturated heterocycles. The van der Waals surface area contributed by atoms with E-state index in [0.717, 1.165) is 17.7 Å². The topological polar surface area (TPSA) is 55.9 Å². The lowest BCUT2D eigenvalue weighted by Gasteiger charge is -2.16. The standard InChI is InChI=1S/C14H20N4/c1-10-6-4-5-7-12(10)8-14(16-15)13-9-18(3)17-11(13)2/h4-7,9,14,16H,8,15H2,1-3H3. The van der Waals surface area contributed by atoms with Gasteiger partial charge in [-0.3, -0.25) is 16.0 Å². The van der Waals surface area contributed by atoms with E-state index in [1.807, 2.05) is 24.9 Å². The summed E-state index contributed by atoms with van der Waals surface area (Å²) in [5, 5.41) is 4.37. The molecule has 1 aromatic carbocycles. The molecule has 0 radical (unpaired) electrons. The number of hydrogen-bond donors (Lipinski definition) is 2. The van der Waals surface area contributed by atoms with E-state index in [0.29, 0.717) is 0 Å². The normalized spacial score (nSPS) is 12.7. The Labute approximate surface area is 108 Å². The van der Waals surface area contributed by atoms with Gasteiger partial charge >= 0.3 is 0 Å². The molecule has 0 aliphatic rings. The Kier molecular flexibility index (Phi) is 3.79. The van der Waals surface area contributed by atoms with Crippen molar-refractivity contribution in [2.45, 2.75) is 26.3 Å². The zero-order valence-corrected chi connectivity index (χ0v) is 11.1. The first-order chi connectivity index (χ1) is 8.61. The maximum atomic E-state index is 5.69. The van der Waals surface area contributed by atoms with E-state index in [9.17, 15) is 0 Å². The lowest BCUT2D eigenvalue weighted by molar-refractivity contribution is 0.548. The second-order valence-electron chi connectivity index (χ2n) is 4.69. The second kappa shape index (κ2) is 5.33. The van der Waals surface area contributed by atoms with Gasteiger partial charge in [0.2, 0.25) is 0 Å². The third-order valence-electron chi connectivity index (χ3n) is 3.31. The molecule has 0 saturated carbocycles. The van der Waals surface area contributed by atoms with E-state index in [1.54, 1.807) is 0 Å². The molecule has 0 spiro atoms. The Morgan fingerprint density at radius 2 is 2.06 bits per heavy atom. The van der Waals surface area contributed by atoms with Gasteiger partial charge < -0.3 is 0 Å². The van der Waals surface area contributed by atoms with Gasteiger partial charge in [-0.05, 0) is 31.4 Å². The molecule has 4 nitrogen and oxygen atoms in total. The molecule has 0 fully saturated rings. The van der Waals surface area contributed by atoms with Crippen molar-refractivity contribution >= 4 is 0 Å². The Balaban J connectivity index is 2.25. The van der Waals surface area contributed by atoms with Crippen molar-refractivity contribution in [2.75, 3.05) is 0 Å². The fourth-order valence-corrected chi connectivity index (χ4v) is 2.28. The zero-order valence-electron chi connectivity index (χ0n) is 11.1. The monoisotopic (exact) mass is 244 g/mol. The van der Waals surface area contributed by atoms with Crippen molar-refractivity contribution in [1.29, 1.82) is 0 Å². The summed E-state index contributed by atoms with van der Waals surface area (Å²) >= 11 is 0. The average molecular weight is 244 g/mol. The van der Waals surface area contributed by atoms with E-state index in [4.69, 9.17) is 5.84 Å². The van der Waals surface area contributed by atoms with Crippen LogP contribution < -0.4 is 11.3 Å². The molecule has 0 amide bonds. The molecule has 0 aliphatic carbocycles. The molecule has 1 atom stereocenters. The molecule has 2 rings (SSSR count). The van der Waals surface area contributed by atoms with Crippen LogP contribution in [0.1, 0.15) is 28.4 Å². The molecule has 1 unspecified atom stereocenters. The first kappa shape index (κ1) is 12.8. The van der Waals surface area contributed by atoms with E-state index in [-0.39, 0.29) is 6.04 Å². The summed E-state index contributed by atoms with van der Waals surface area (Å²) < 4.78 is 1.83. The van der Waals surface area contributed by atoms with Gasteiger partial charge in [0.15, 0.2) is 0 Å². The van der Waals surface area contributed by atoms with Crippen LogP contribution in [0.25, 0.3) is 0 Å². The summed E-state index contributed by atoms with van der Waals surface area (Å²) in [4.78, 5) is 0. The molecule has 1 aromatic heterocycles. The van der Waals surface area contributed by atoms with Gasteiger partial charge in [-0.25, -0.2) is 0 Å². The minimum Gasteiger partial charge on any atom is -0.275 e. The predicted molar refractivity (Wildman–Crippen MR) is 72.9 cm³/mol. The van der Waals surface area contributed by atoms with E-state index in [2.05, 4.69) is 41.7 Å². The fourth-order valence-electron chi connectivity index (χ4n) is 2.28. The van der Waals surface area contributed by atoms with E-state index < -0.39 is 0 Å². The van der Waals surface area contributed by atoms with Crippen LogP contribution >= 0.6 is 0 Å². The van der Waals surface area contributed by atoms with Gasteiger partial charge in [0.1, 0.15) is 0 Å². The number of rotatable bonds is 4. The number of nitrogens with two attached hydrogens (primary N) is 1.